The van der Waals surface area contributed by atoms with Crippen molar-refractivity contribution in [3.05, 3.63) is 72.9 Å². The monoisotopic (exact) mass is 736 g/mol. The van der Waals surface area contributed by atoms with E-state index in [1.54, 1.807) is 18.2 Å². The van der Waals surface area contributed by atoms with Gasteiger partial charge in [0.25, 0.3) is 0 Å². The second kappa shape index (κ2) is 34.5. The molecule has 0 aliphatic carbocycles. The zero-order valence-electron chi connectivity index (χ0n) is 31.7. The number of hydrogen-bond acceptors (Lipinski definition) is 7. The molecule has 0 radical (unpaired) electrons. The van der Waals surface area contributed by atoms with Crippen LogP contribution in [0.5, 0.6) is 0 Å². The Kier molecular flexibility index (Phi) is 32.8. The maximum atomic E-state index is 12.4. The molecular weight excluding hydrogens is 667 g/mol. The number of carbonyl (C=O) groups excluding carboxylic acids is 2. The van der Waals surface area contributed by atoms with Gasteiger partial charge >= 0.3 is 19.8 Å². The molecule has 51 heavy (non-hydrogen) atoms. The van der Waals surface area contributed by atoms with E-state index in [0.29, 0.717) is 19.3 Å². The lowest BCUT2D eigenvalue weighted by atomic mass is 10.0. The average Bonchev–Trinajstić information content (AvgIpc) is 3.07. The van der Waals surface area contributed by atoms with Gasteiger partial charge in [-0.1, -0.05) is 158 Å². The summed E-state index contributed by atoms with van der Waals surface area (Å²) in [6, 6.07) is 0. The maximum absolute atomic E-state index is 12.4. The van der Waals surface area contributed by atoms with Gasteiger partial charge in [-0.25, -0.2) is 4.57 Å². The van der Waals surface area contributed by atoms with Gasteiger partial charge in [0.15, 0.2) is 6.10 Å². The van der Waals surface area contributed by atoms with Crippen LogP contribution in [0, 0.1) is 5.92 Å². The molecule has 3 N–H and O–H groups in total. The Morgan fingerprint density at radius 3 is 1.82 bits per heavy atom. The molecule has 0 saturated carbocycles. The summed E-state index contributed by atoms with van der Waals surface area (Å²) in [6.07, 6.45) is 39.5. The van der Waals surface area contributed by atoms with E-state index in [0.717, 1.165) is 50.9 Å². The summed E-state index contributed by atoms with van der Waals surface area (Å²) in [4.78, 5) is 42.7. The standard InChI is InChI=1S/C41H69O9P/c1-4-5-6-7-8-9-10-11-12-16-19-22-26-31-38(42)32-27-24-29-33-40(43)48-35-39(36-49-51(45,46)47)50-41(44)34-28-23-20-17-14-13-15-18-21-25-30-37(2)3/h5-6,8-9,11-12,19,22,24,26-27,31,37-39,42H,4,7,10,13-18,20-21,23,25,28-30,32-36H2,1-3H3,(H2,45,46,47)/b6-5-,9-8-,12-11-,22-19-,27-24-,31-26-/t38?,39-/m1/s1. The Balaban J connectivity index is 4.21. The number of aliphatic hydroxyl groups is 1. The van der Waals surface area contributed by atoms with Crippen molar-refractivity contribution in [3.8, 4) is 0 Å². The second-order valence-corrected chi connectivity index (χ2v) is 14.4. The van der Waals surface area contributed by atoms with Gasteiger partial charge < -0.3 is 24.4 Å². The normalized spacial score (nSPS) is 14.0. The van der Waals surface area contributed by atoms with Gasteiger partial charge in [0.05, 0.1) is 12.7 Å². The molecule has 0 aliphatic heterocycles. The van der Waals surface area contributed by atoms with Crippen LogP contribution >= 0.6 is 7.82 Å². The highest BCUT2D eigenvalue weighted by molar-refractivity contribution is 7.46. The second-order valence-electron chi connectivity index (χ2n) is 13.2. The molecule has 0 rings (SSSR count). The summed E-state index contributed by atoms with van der Waals surface area (Å²) in [7, 11) is -4.79. The molecule has 0 fully saturated rings. The molecule has 0 aliphatic rings. The first-order valence-electron chi connectivity index (χ1n) is 19.2. The molecule has 2 atom stereocenters. The number of carbonyl (C=O) groups is 2. The van der Waals surface area contributed by atoms with Crippen molar-refractivity contribution < 1.29 is 43.0 Å². The molecule has 0 saturated heterocycles. The van der Waals surface area contributed by atoms with Crippen LogP contribution in [0.1, 0.15) is 143 Å². The molecule has 0 bridgehead atoms. The molecule has 10 heteroatoms. The highest BCUT2D eigenvalue weighted by atomic mass is 31.2. The molecule has 0 aromatic carbocycles. The van der Waals surface area contributed by atoms with E-state index < -0.39 is 38.6 Å². The number of hydrogen-bond donors (Lipinski definition) is 3. The van der Waals surface area contributed by atoms with Crippen LogP contribution in [0.2, 0.25) is 0 Å². The smallest absolute Gasteiger partial charge is 0.462 e. The summed E-state index contributed by atoms with van der Waals surface area (Å²) in [6.45, 7) is 5.70. The third kappa shape index (κ3) is 38.5. The number of allylic oxidation sites excluding steroid dienone is 10. The van der Waals surface area contributed by atoms with Crippen molar-refractivity contribution in [2.75, 3.05) is 13.2 Å². The third-order valence-electron chi connectivity index (χ3n) is 7.76. The Labute approximate surface area is 309 Å². The summed E-state index contributed by atoms with van der Waals surface area (Å²) >= 11 is 0. The lowest BCUT2D eigenvalue weighted by Gasteiger charge is -2.18. The Bertz CT molecular complexity index is 1080. The van der Waals surface area contributed by atoms with Gasteiger partial charge in [0.1, 0.15) is 6.61 Å². The van der Waals surface area contributed by atoms with E-state index in [4.69, 9.17) is 19.3 Å². The van der Waals surface area contributed by atoms with E-state index in [1.807, 2.05) is 18.2 Å². The van der Waals surface area contributed by atoms with E-state index in [2.05, 4.69) is 61.8 Å². The first-order valence-corrected chi connectivity index (χ1v) is 20.7. The Hall–Kier alpha value is -2.55. The maximum Gasteiger partial charge on any atom is 0.469 e. The van der Waals surface area contributed by atoms with Crippen molar-refractivity contribution in [2.24, 2.45) is 5.92 Å². The molecule has 0 amide bonds. The van der Waals surface area contributed by atoms with Crippen LogP contribution in [0.25, 0.3) is 0 Å². The number of phosphoric acid groups is 1. The SMILES string of the molecule is CC/C=C\C/C=C\C/C=C\C/C=C\C=C/C(O)C/C=C\CCC(=O)OC[C@H](COP(=O)(O)O)OC(=O)CCCCCCCCCCCCC(C)C. The fourth-order valence-corrected chi connectivity index (χ4v) is 5.26. The van der Waals surface area contributed by atoms with Crippen LogP contribution in [-0.2, 0) is 28.2 Å². The van der Waals surface area contributed by atoms with Gasteiger partial charge in [-0.15, -0.1) is 0 Å². The lowest BCUT2D eigenvalue weighted by Crippen LogP contribution is -2.29. The van der Waals surface area contributed by atoms with Crippen LogP contribution in [0.4, 0.5) is 0 Å². The van der Waals surface area contributed by atoms with Crippen LogP contribution in [0.3, 0.4) is 0 Å². The lowest BCUT2D eigenvalue weighted by molar-refractivity contribution is -0.161. The van der Waals surface area contributed by atoms with Gasteiger partial charge in [-0.3, -0.25) is 14.1 Å². The number of unbranched alkanes of at least 4 members (excludes halogenated alkanes) is 9. The van der Waals surface area contributed by atoms with Crippen molar-refractivity contribution >= 4 is 19.8 Å². The molecule has 0 spiro atoms. The number of ether oxygens (including phenoxy) is 2. The van der Waals surface area contributed by atoms with Crippen molar-refractivity contribution in [1.29, 1.82) is 0 Å². The largest absolute Gasteiger partial charge is 0.469 e. The van der Waals surface area contributed by atoms with Gasteiger partial charge in [0.2, 0.25) is 0 Å². The molecule has 292 valence electrons. The highest BCUT2D eigenvalue weighted by Gasteiger charge is 2.22. The third-order valence-corrected chi connectivity index (χ3v) is 8.25. The van der Waals surface area contributed by atoms with Crippen LogP contribution < -0.4 is 0 Å². The van der Waals surface area contributed by atoms with E-state index >= 15 is 0 Å². The van der Waals surface area contributed by atoms with Crippen LogP contribution in [-0.4, -0.2) is 52.3 Å². The fourth-order valence-electron chi connectivity index (χ4n) is 4.90. The van der Waals surface area contributed by atoms with E-state index in [9.17, 15) is 19.3 Å². The number of phosphoric ester groups is 1. The predicted octanol–water partition coefficient (Wildman–Crippen LogP) is 10.3. The minimum absolute atomic E-state index is 0.0581. The van der Waals surface area contributed by atoms with Crippen molar-refractivity contribution in [1.82, 2.24) is 0 Å². The number of aliphatic hydroxyl groups excluding tert-OH is 1. The first-order chi connectivity index (χ1) is 24.5. The van der Waals surface area contributed by atoms with E-state index in [1.165, 1.54) is 44.9 Å². The average molecular weight is 737 g/mol. The molecule has 0 aromatic rings. The van der Waals surface area contributed by atoms with Crippen molar-refractivity contribution in [2.45, 2.75) is 155 Å². The van der Waals surface area contributed by atoms with Gasteiger partial charge in [0, 0.05) is 12.8 Å². The summed E-state index contributed by atoms with van der Waals surface area (Å²) in [5.41, 5.74) is 0. The van der Waals surface area contributed by atoms with Crippen LogP contribution in [0.15, 0.2) is 72.9 Å². The minimum Gasteiger partial charge on any atom is -0.462 e. The fraction of sp³-hybridized carbons (Fsp3) is 0.659. The first kappa shape index (κ1) is 48.5. The zero-order valence-corrected chi connectivity index (χ0v) is 32.6. The topological polar surface area (TPSA) is 140 Å². The molecule has 0 heterocycles. The Morgan fingerprint density at radius 1 is 0.667 bits per heavy atom. The van der Waals surface area contributed by atoms with Gasteiger partial charge in [-0.05, 0) is 50.9 Å². The molecule has 9 nitrogen and oxygen atoms in total. The summed E-state index contributed by atoms with van der Waals surface area (Å²) < 4.78 is 26.2. The number of rotatable bonds is 33. The predicted molar refractivity (Wildman–Crippen MR) is 208 cm³/mol. The Morgan fingerprint density at radius 2 is 1.24 bits per heavy atom. The summed E-state index contributed by atoms with van der Waals surface area (Å²) in [5.74, 6) is -0.289. The molecular formula is C41H69O9P. The molecule has 1 unspecified atom stereocenters. The summed E-state index contributed by atoms with van der Waals surface area (Å²) in [5, 5.41) is 10.1. The number of esters is 2. The van der Waals surface area contributed by atoms with Gasteiger partial charge in [-0.2, -0.15) is 0 Å². The van der Waals surface area contributed by atoms with Crippen molar-refractivity contribution in [3.63, 3.8) is 0 Å². The quantitative estimate of drug-likeness (QED) is 0.0197. The zero-order chi connectivity index (χ0) is 37.8. The highest BCUT2D eigenvalue weighted by Crippen LogP contribution is 2.36. The van der Waals surface area contributed by atoms with E-state index in [-0.39, 0.29) is 19.4 Å². The minimum atomic E-state index is -4.79. The molecule has 0 aromatic heterocycles.